The van der Waals surface area contributed by atoms with E-state index < -0.39 is 58.6 Å². The minimum Gasteiger partial charge on any atom is -0.497 e. The molecule has 1 aliphatic heterocycles. The van der Waals surface area contributed by atoms with E-state index >= 15 is 0 Å². The van der Waals surface area contributed by atoms with Crippen molar-refractivity contribution in [3.8, 4) is 23.4 Å². The van der Waals surface area contributed by atoms with Crippen molar-refractivity contribution in [1.29, 1.82) is 5.26 Å². The number of nitrogens with zero attached hydrogens (tertiary/aromatic N) is 7. The second-order valence-electron chi connectivity index (χ2n) is 22.6. The summed E-state index contributed by atoms with van der Waals surface area (Å²) < 4.78 is 57.7. The number of nitrogens with one attached hydrogen (secondary N) is 1. The Balaban J connectivity index is 1.30. The van der Waals surface area contributed by atoms with E-state index in [1.54, 1.807) is 32.2 Å². The fraction of sp³-hybridized carbons (Fsp3) is 0.422. The Labute approximate surface area is 497 Å². The van der Waals surface area contributed by atoms with Gasteiger partial charge in [-0.15, -0.1) is 0 Å². The lowest BCUT2D eigenvalue weighted by Gasteiger charge is -2.44. The first-order valence-electron chi connectivity index (χ1n) is 28.6. The summed E-state index contributed by atoms with van der Waals surface area (Å²) in [5.41, 5.74) is 2.62. The second-order valence-corrected chi connectivity index (χ2v) is 29.2. The van der Waals surface area contributed by atoms with Gasteiger partial charge in [0.1, 0.15) is 42.2 Å². The third-order valence-corrected chi connectivity index (χ3v) is 23.7. The largest absolute Gasteiger partial charge is 0.497 e. The molecule has 2 N–H and O–H groups in total. The third-order valence-electron chi connectivity index (χ3n) is 15.8. The van der Waals surface area contributed by atoms with Crippen molar-refractivity contribution in [2.24, 2.45) is 0 Å². The van der Waals surface area contributed by atoms with E-state index in [9.17, 15) is 14.9 Å². The van der Waals surface area contributed by atoms with E-state index in [1.807, 2.05) is 172 Å². The van der Waals surface area contributed by atoms with Crippen LogP contribution in [-0.4, -0.2) is 108 Å². The summed E-state index contributed by atoms with van der Waals surface area (Å²) >= 11 is 0. The van der Waals surface area contributed by atoms with Gasteiger partial charge < -0.3 is 47.6 Å². The fourth-order valence-corrected chi connectivity index (χ4v) is 18.8. The van der Waals surface area contributed by atoms with E-state index in [4.69, 9.17) is 47.3 Å². The summed E-state index contributed by atoms with van der Waals surface area (Å²) in [6, 6.07) is 45.9. The first-order chi connectivity index (χ1) is 40.3. The number of methoxy groups -OCH3 is 2. The monoisotopic (exact) mass is 1180 g/mol. The number of rotatable bonds is 27. The number of nitriles is 1. The fourth-order valence-electron chi connectivity index (χ4n) is 12.0. The Morgan fingerprint density at radius 1 is 0.774 bits per heavy atom. The molecule has 1 unspecified atom stereocenters. The number of anilines is 3. The molecule has 18 nitrogen and oxygen atoms in total. The zero-order chi connectivity index (χ0) is 60.3. The molecule has 0 spiro atoms. The molecule has 0 aliphatic carbocycles. The Kier molecular flexibility index (Phi) is 21.0. The number of para-hydroxylation sites is 2. The first-order valence-corrected chi connectivity index (χ1v) is 31.9. The highest BCUT2D eigenvalue weighted by atomic mass is 31.2. The number of ether oxygens (including phenoxy) is 6. The van der Waals surface area contributed by atoms with E-state index in [-0.39, 0.29) is 65.5 Å². The third kappa shape index (κ3) is 13.3. The zero-order valence-electron chi connectivity index (χ0n) is 50.5. The van der Waals surface area contributed by atoms with Crippen LogP contribution in [0.25, 0.3) is 11.2 Å². The normalized spacial score (nSPS) is 17.1. The molecule has 8 rings (SSSR count). The summed E-state index contributed by atoms with van der Waals surface area (Å²) in [7, 11) is -0.0956. The van der Waals surface area contributed by atoms with E-state index in [0.717, 1.165) is 16.7 Å². The lowest BCUT2D eigenvalue weighted by Crippen LogP contribution is -2.49. The molecule has 0 bridgehead atoms. The van der Waals surface area contributed by atoms with Gasteiger partial charge >= 0.3 is 6.09 Å². The molecular formula is C64H81N8O10PSi. The van der Waals surface area contributed by atoms with E-state index in [2.05, 4.69) is 57.9 Å². The lowest BCUT2D eigenvalue weighted by molar-refractivity contribution is -0.113. The number of hydrogen-bond donors (Lipinski definition) is 2. The first kappa shape index (κ1) is 63.2. The van der Waals surface area contributed by atoms with E-state index in [1.165, 1.54) is 4.90 Å². The van der Waals surface area contributed by atoms with Crippen molar-refractivity contribution >= 4 is 51.4 Å². The van der Waals surface area contributed by atoms with Crippen molar-refractivity contribution < 1.29 is 47.1 Å². The molecule has 1 aliphatic rings. The standard InChI is InChI=1S/C64H81N8O10PSi/c1-43(2)72(63(9,10)38-23-39-65)83(74)82-56-54(40-78-64(47-24-17-14-18-25-47,48-30-34-52(75-12)35-31-48)49-32-36-53(76-13)37-33-49)80-60(57(56)77-42-79-84(44(3)4,45(5)6)46(7)8)70-41-67-55-58(70)68-61(66-11)69-59(55)81-62(73)71(50-26-19-15-20-27-50)51-28-21-16-22-29-51/h14-22,24-37,41,43-46,54,56-57,60,74H,23,38,40,42H2,1-13H3,(H,66,68,69)/t54-,56-,57-,60-,83?/m1/s1. The quantitative estimate of drug-likeness (QED) is 0.0213. The number of carbonyl (C=O) groups excluding carboxylic acids is 1. The predicted octanol–water partition coefficient (Wildman–Crippen LogP) is 14.1. The maximum atomic E-state index is 14.6. The number of aromatic nitrogens is 4. The van der Waals surface area contributed by atoms with Gasteiger partial charge in [-0.1, -0.05) is 133 Å². The van der Waals surface area contributed by atoms with Gasteiger partial charge in [0.05, 0.1) is 44.6 Å². The van der Waals surface area contributed by atoms with Crippen LogP contribution in [0, 0.1) is 11.3 Å². The molecule has 446 valence electrons. The Bertz CT molecular complexity index is 3150. The average Bonchev–Trinajstić information content (AvgIpc) is 3.39. The van der Waals surface area contributed by atoms with Gasteiger partial charge in [-0.3, -0.25) is 4.57 Å². The molecule has 5 aromatic carbocycles. The lowest BCUT2D eigenvalue weighted by atomic mass is 9.80. The Hall–Kier alpha value is -6.82. The number of carbonyl (C=O) groups is 1. The molecule has 0 saturated carbocycles. The number of imidazole rings is 1. The SMILES string of the molecule is CNc1nc(OC(=O)N(c2ccccc2)c2ccccc2)c2ncn([C@@H]3O[C@H](COC(c4ccccc4)(c4ccc(OC)cc4)c4ccc(OC)cc4)[C@@H](OP(O)N(C(C)C)C(C)(C)CCC#N)[C@H]3OCO[Si](C(C)C)(C(C)C)C(C)C)c2n1. The maximum absolute atomic E-state index is 14.6. The van der Waals surface area contributed by atoms with Gasteiger partial charge in [-0.05, 0) is 116 Å². The molecule has 1 fully saturated rings. The number of amides is 1. The van der Waals surface area contributed by atoms with Crippen LogP contribution in [0.4, 0.5) is 22.1 Å². The molecule has 20 heteroatoms. The van der Waals surface area contributed by atoms with Crippen LogP contribution in [0.15, 0.2) is 146 Å². The minimum absolute atomic E-state index is 0.115. The van der Waals surface area contributed by atoms with Crippen LogP contribution in [0.5, 0.6) is 17.4 Å². The van der Waals surface area contributed by atoms with Gasteiger partial charge in [-0.25, -0.2) is 19.3 Å². The van der Waals surface area contributed by atoms with Crippen molar-refractivity contribution in [3.63, 3.8) is 0 Å². The number of benzene rings is 5. The molecule has 5 atom stereocenters. The molecule has 7 aromatic rings. The second kappa shape index (κ2) is 27.9. The molecule has 1 saturated heterocycles. The highest BCUT2D eigenvalue weighted by molar-refractivity contribution is 7.43. The number of hydrogen-bond acceptors (Lipinski definition) is 16. The van der Waals surface area contributed by atoms with Crippen LogP contribution in [0.2, 0.25) is 16.6 Å². The zero-order valence-corrected chi connectivity index (χ0v) is 52.4. The molecule has 84 heavy (non-hydrogen) atoms. The molecule has 0 radical (unpaired) electrons. The van der Waals surface area contributed by atoms with Gasteiger partial charge in [-0.2, -0.15) is 15.2 Å². The van der Waals surface area contributed by atoms with Gasteiger partial charge in [0, 0.05) is 25.0 Å². The number of fused-ring (bicyclic) bond motifs is 1. The summed E-state index contributed by atoms with van der Waals surface area (Å²) in [5, 5.41) is 12.8. The summed E-state index contributed by atoms with van der Waals surface area (Å²) in [5.74, 6) is 1.34. The summed E-state index contributed by atoms with van der Waals surface area (Å²) in [6.07, 6.45) is -2.71. The highest BCUT2D eigenvalue weighted by Crippen LogP contribution is 2.52. The van der Waals surface area contributed by atoms with Crippen LogP contribution in [0.3, 0.4) is 0 Å². The molecule has 1 amide bonds. The summed E-state index contributed by atoms with van der Waals surface area (Å²) in [6.45, 7) is 21.0. The molecule has 3 heterocycles. The maximum Gasteiger partial charge on any atom is 0.425 e. The van der Waals surface area contributed by atoms with Crippen LogP contribution in [0.1, 0.15) is 105 Å². The van der Waals surface area contributed by atoms with Crippen LogP contribution >= 0.6 is 8.53 Å². The van der Waals surface area contributed by atoms with Gasteiger partial charge in [0.25, 0.3) is 14.4 Å². The average molecular weight is 1180 g/mol. The van der Waals surface area contributed by atoms with Crippen molar-refractivity contribution in [3.05, 3.63) is 163 Å². The minimum atomic E-state index is -2.56. The smallest absolute Gasteiger partial charge is 0.425 e. The van der Waals surface area contributed by atoms with Gasteiger partial charge in [0.15, 0.2) is 17.4 Å². The van der Waals surface area contributed by atoms with Crippen LogP contribution in [-0.2, 0) is 28.8 Å². The predicted molar refractivity (Wildman–Crippen MR) is 330 cm³/mol. The van der Waals surface area contributed by atoms with Crippen molar-refractivity contribution in [2.75, 3.05) is 44.9 Å². The highest BCUT2D eigenvalue weighted by Gasteiger charge is 2.53. The summed E-state index contributed by atoms with van der Waals surface area (Å²) in [4.78, 5) is 43.3. The van der Waals surface area contributed by atoms with Crippen LogP contribution < -0.4 is 24.4 Å². The van der Waals surface area contributed by atoms with Gasteiger partial charge in [0.2, 0.25) is 14.3 Å². The Morgan fingerprint density at radius 2 is 1.30 bits per heavy atom. The molecular weight excluding hydrogens is 1100 g/mol. The van der Waals surface area contributed by atoms with Crippen molar-refractivity contribution in [2.45, 2.75) is 140 Å². The van der Waals surface area contributed by atoms with E-state index in [0.29, 0.717) is 29.3 Å². The molecule has 2 aromatic heterocycles. The van der Waals surface area contributed by atoms with Crippen molar-refractivity contribution in [1.82, 2.24) is 24.2 Å². The Morgan fingerprint density at radius 3 is 1.79 bits per heavy atom. The topological polar surface area (TPSA) is 197 Å².